The summed E-state index contributed by atoms with van der Waals surface area (Å²) in [5.74, 6) is 0.525. The number of hydrogen-bond donors (Lipinski definition) is 3. The number of amides is 2. The first-order chi connectivity index (χ1) is 16.8. The molecule has 3 aliphatic rings. The molecule has 2 fully saturated rings. The van der Waals surface area contributed by atoms with Crippen LogP contribution in [0.25, 0.3) is 0 Å². The third-order valence-electron chi connectivity index (χ3n) is 8.44. The van der Waals surface area contributed by atoms with E-state index >= 15 is 0 Å². The quantitative estimate of drug-likeness (QED) is 0.582. The topological polar surface area (TPSA) is 109 Å². The minimum atomic E-state index is -0.482. The van der Waals surface area contributed by atoms with E-state index in [4.69, 9.17) is 15.9 Å². The molecule has 2 aromatic carbocycles. The molecule has 1 saturated heterocycles. The zero-order valence-electron chi connectivity index (χ0n) is 20.5. The number of nitrogens with one attached hydrogen (secondary N) is 2. The summed E-state index contributed by atoms with van der Waals surface area (Å²) in [5, 5.41) is 11.7. The molecule has 0 bridgehead atoms. The number of nitrogens with zero attached hydrogens (tertiary/aromatic N) is 1. The van der Waals surface area contributed by atoms with Crippen LogP contribution in [0.4, 0.5) is 0 Å². The SMILES string of the molecule is CCC1(CC)CC(=O)N(Cc2ccc(C3Cc4ccccc4OC34CCC4)c(C(N)=O)c2)C(=N)N1. The van der Waals surface area contributed by atoms with E-state index < -0.39 is 5.91 Å². The lowest BCUT2D eigenvalue weighted by Gasteiger charge is -2.51. The lowest BCUT2D eigenvalue weighted by molar-refractivity contribution is -0.131. The van der Waals surface area contributed by atoms with Gasteiger partial charge in [0.25, 0.3) is 0 Å². The average molecular weight is 475 g/mol. The van der Waals surface area contributed by atoms with Gasteiger partial charge in [0.1, 0.15) is 11.4 Å². The van der Waals surface area contributed by atoms with Gasteiger partial charge in [-0.3, -0.25) is 19.9 Å². The van der Waals surface area contributed by atoms with Crippen LogP contribution in [0.15, 0.2) is 42.5 Å². The summed E-state index contributed by atoms with van der Waals surface area (Å²) in [5.41, 5.74) is 8.51. The third kappa shape index (κ3) is 3.97. The van der Waals surface area contributed by atoms with E-state index in [1.807, 2.05) is 44.2 Å². The van der Waals surface area contributed by atoms with Gasteiger partial charge < -0.3 is 15.8 Å². The van der Waals surface area contributed by atoms with Crippen LogP contribution in [0.1, 0.15) is 85.3 Å². The van der Waals surface area contributed by atoms with Gasteiger partial charge in [0.15, 0.2) is 5.96 Å². The van der Waals surface area contributed by atoms with Crippen LogP contribution < -0.4 is 15.8 Å². The van der Waals surface area contributed by atoms with Crippen molar-refractivity contribution in [3.05, 3.63) is 64.7 Å². The number of primary amides is 1. The van der Waals surface area contributed by atoms with Crippen molar-refractivity contribution in [1.82, 2.24) is 10.2 Å². The third-order valence-corrected chi connectivity index (χ3v) is 8.44. The number of nitrogens with two attached hydrogens (primary N) is 1. The number of carbonyl (C=O) groups is 2. The molecular formula is C28H34N4O3. The van der Waals surface area contributed by atoms with Gasteiger partial charge in [0, 0.05) is 17.0 Å². The second kappa shape index (κ2) is 8.70. The molecular weight excluding hydrogens is 440 g/mol. The van der Waals surface area contributed by atoms with Crippen LogP contribution in [0.2, 0.25) is 0 Å². The summed E-state index contributed by atoms with van der Waals surface area (Å²) in [6.45, 7) is 4.30. The fourth-order valence-electron chi connectivity index (χ4n) is 5.96. The van der Waals surface area contributed by atoms with Crippen molar-refractivity contribution in [1.29, 1.82) is 5.41 Å². The molecule has 5 rings (SSSR count). The van der Waals surface area contributed by atoms with E-state index in [1.54, 1.807) is 6.07 Å². The van der Waals surface area contributed by atoms with Crippen LogP contribution in [-0.4, -0.2) is 33.8 Å². The van der Waals surface area contributed by atoms with E-state index in [0.717, 1.165) is 61.0 Å². The van der Waals surface area contributed by atoms with Gasteiger partial charge in [-0.05, 0) is 67.3 Å². The fraction of sp³-hybridized carbons (Fsp3) is 0.464. The number of rotatable bonds is 6. The number of para-hydroxylation sites is 1. The van der Waals surface area contributed by atoms with E-state index in [0.29, 0.717) is 12.0 Å². The Morgan fingerprint density at radius 2 is 1.94 bits per heavy atom. The Hall–Kier alpha value is -3.35. The predicted octanol–water partition coefficient (Wildman–Crippen LogP) is 4.24. The molecule has 4 N–H and O–H groups in total. The first kappa shape index (κ1) is 23.4. The first-order valence-corrected chi connectivity index (χ1v) is 12.7. The highest BCUT2D eigenvalue weighted by Crippen LogP contribution is 2.52. The van der Waals surface area contributed by atoms with E-state index in [9.17, 15) is 9.59 Å². The summed E-state index contributed by atoms with van der Waals surface area (Å²) < 4.78 is 6.54. The molecule has 0 radical (unpaired) electrons. The van der Waals surface area contributed by atoms with Gasteiger partial charge in [-0.1, -0.05) is 44.2 Å². The molecule has 35 heavy (non-hydrogen) atoms. The number of fused-ring (bicyclic) bond motifs is 1. The standard InChI is InChI=1S/C28H34N4O3/c1-3-27(4-2)16-24(33)32(26(30)31-27)17-18-10-11-20(21(14-18)25(29)34)22-15-19-8-5-6-9-23(19)35-28(22)12-7-13-28/h5-6,8-11,14,22H,3-4,7,12-13,15-17H2,1-2H3,(H2,29,34)(H2,30,31). The van der Waals surface area contributed by atoms with Gasteiger partial charge in [0.2, 0.25) is 11.8 Å². The minimum absolute atomic E-state index is 0.0361. The van der Waals surface area contributed by atoms with Gasteiger partial charge in [-0.15, -0.1) is 0 Å². The minimum Gasteiger partial charge on any atom is -0.486 e. The smallest absolute Gasteiger partial charge is 0.249 e. The highest BCUT2D eigenvalue weighted by Gasteiger charge is 2.50. The molecule has 1 atom stereocenters. The second-order valence-electron chi connectivity index (χ2n) is 10.3. The monoisotopic (exact) mass is 474 g/mol. The molecule has 1 unspecified atom stereocenters. The lowest BCUT2D eigenvalue weighted by Crippen LogP contribution is -2.61. The Morgan fingerprint density at radius 3 is 2.57 bits per heavy atom. The molecule has 1 saturated carbocycles. The zero-order valence-corrected chi connectivity index (χ0v) is 20.5. The predicted molar refractivity (Wildman–Crippen MR) is 134 cm³/mol. The van der Waals surface area contributed by atoms with Crippen LogP contribution in [0.5, 0.6) is 5.75 Å². The van der Waals surface area contributed by atoms with Crippen LogP contribution in [0.3, 0.4) is 0 Å². The van der Waals surface area contributed by atoms with Gasteiger partial charge >= 0.3 is 0 Å². The maximum atomic E-state index is 13.0. The summed E-state index contributed by atoms with van der Waals surface area (Å²) in [6.07, 6.45) is 5.71. The van der Waals surface area contributed by atoms with Gasteiger partial charge in [-0.2, -0.15) is 0 Å². The Bertz CT molecular complexity index is 1160. The number of guanidine groups is 1. The van der Waals surface area contributed by atoms with Gasteiger partial charge in [-0.25, -0.2) is 0 Å². The number of benzene rings is 2. The summed E-state index contributed by atoms with van der Waals surface area (Å²) >= 11 is 0. The van der Waals surface area contributed by atoms with Crippen molar-refractivity contribution in [2.75, 3.05) is 0 Å². The lowest BCUT2D eigenvalue weighted by atomic mass is 9.64. The van der Waals surface area contributed by atoms with Crippen molar-refractivity contribution >= 4 is 17.8 Å². The fourth-order valence-corrected chi connectivity index (χ4v) is 5.96. The van der Waals surface area contributed by atoms with Crippen LogP contribution in [0, 0.1) is 5.41 Å². The maximum absolute atomic E-state index is 13.0. The first-order valence-electron chi connectivity index (χ1n) is 12.7. The molecule has 7 heteroatoms. The number of carbonyl (C=O) groups excluding carboxylic acids is 2. The van der Waals surface area contributed by atoms with Crippen molar-refractivity contribution < 1.29 is 14.3 Å². The molecule has 1 spiro atoms. The summed E-state index contributed by atoms with van der Waals surface area (Å²) in [6, 6.07) is 13.8. The molecule has 1 aliphatic carbocycles. The zero-order chi connectivity index (χ0) is 24.8. The summed E-state index contributed by atoms with van der Waals surface area (Å²) in [7, 11) is 0. The molecule has 2 heterocycles. The van der Waals surface area contributed by atoms with E-state index in [-0.39, 0.29) is 35.5 Å². The second-order valence-corrected chi connectivity index (χ2v) is 10.3. The van der Waals surface area contributed by atoms with Gasteiger partial charge in [0.05, 0.1) is 13.0 Å². The molecule has 2 aromatic rings. The number of ether oxygens (including phenoxy) is 1. The van der Waals surface area contributed by atoms with Crippen molar-refractivity contribution in [3.63, 3.8) is 0 Å². The Balaban J connectivity index is 1.44. The summed E-state index contributed by atoms with van der Waals surface area (Å²) in [4.78, 5) is 27.0. The Morgan fingerprint density at radius 1 is 1.20 bits per heavy atom. The molecule has 0 aromatic heterocycles. The largest absolute Gasteiger partial charge is 0.486 e. The Kier molecular flexibility index (Phi) is 5.82. The van der Waals surface area contributed by atoms with E-state index in [1.165, 1.54) is 4.90 Å². The van der Waals surface area contributed by atoms with Crippen LogP contribution in [-0.2, 0) is 17.8 Å². The molecule has 7 nitrogen and oxygen atoms in total. The number of hydrogen-bond acceptors (Lipinski definition) is 4. The molecule has 2 aliphatic heterocycles. The molecule has 184 valence electrons. The van der Waals surface area contributed by atoms with Crippen molar-refractivity contribution in [3.8, 4) is 5.75 Å². The molecule has 2 amide bonds. The highest BCUT2D eigenvalue weighted by atomic mass is 16.5. The van der Waals surface area contributed by atoms with Crippen LogP contribution >= 0.6 is 0 Å². The Labute approximate surface area is 206 Å². The highest BCUT2D eigenvalue weighted by molar-refractivity contribution is 5.99. The van der Waals surface area contributed by atoms with E-state index in [2.05, 4.69) is 11.4 Å². The van der Waals surface area contributed by atoms with Crippen molar-refractivity contribution in [2.45, 2.75) is 82.4 Å². The normalized spacial score (nSPS) is 22.1. The van der Waals surface area contributed by atoms with Crippen molar-refractivity contribution in [2.24, 2.45) is 5.73 Å². The maximum Gasteiger partial charge on any atom is 0.249 e. The average Bonchev–Trinajstić information content (AvgIpc) is 2.84.